The van der Waals surface area contributed by atoms with Crippen LogP contribution in [-0.2, 0) is 0 Å². The maximum atomic E-state index is 13.7. The summed E-state index contributed by atoms with van der Waals surface area (Å²) in [5.74, 6) is -0.427. The summed E-state index contributed by atoms with van der Waals surface area (Å²) in [5.41, 5.74) is 1.22. The molecule has 2 aromatic carbocycles. The van der Waals surface area contributed by atoms with Crippen molar-refractivity contribution in [3.05, 3.63) is 48.3 Å². The van der Waals surface area contributed by atoms with Gasteiger partial charge in [0.15, 0.2) is 5.13 Å². The van der Waals surface area contributed by atoms with E-state index in [4.69, 9.17) is 4.98 Å². The third-order valence-electron chi connectivity index (χ3n) is 4.54. The van der Waals surface area contributed by atoms with Crippen LogP contribution < -0.4 is 10.2 Å². The van der Waals surface area contributed by atoms with E-state index in [1.807, 2.05) is 0 Å². The fourth-order valence-electron chi connectivity index (χ4n) is 3.01. The minimum absolute atomic E-state index is 0.209. The average molecular weight is 403 g/mol. The minimum Gasteiger partial charge on any atom is -0.345 e. The number of halogens is 1. The number of rotatable bonds is 3. The summed E-state index contributed by atoms with van der Waals surface area (Å²) in [4.78, 5) is 22.3. The van der Waals surface area contributed by atoms with Gasteiger partial charge in [-0.25, -0.2) is 14.2 Å². The second-order valence-electron chi connectivity index (χ2n) is 6.21. The number of piperazine rings is 1. The molecular formula is C19H19FN4OS2. The number of fused-ring (bicyclic) bond motifs is 1. The van der Waals surface area contributed by atoms with Gasteiger partial charge >= 0.3 is 6.03 Å². The molecule has 5 nitrogen and oxygen atoms in total. The number of hydrogen-bond acceptors (Lipinski definition) is 5. The van der Waals surface area contributed by atoms with Crippen LogP contribution in [0.25, 0.3) is 10.2 Å². The molecule has 0 spiro atoms. The van der Waals surface area contributed by atoms with Gasteiger partial charge in [0.25, 0.3) is 0 Å². The highest BCUT2D eigenvalue weighted by atomic mass is 32.2. The molecule has 0 unspecified atom stereocenters. The molecule has 1 aromatic heterocycles. The van der Waals surface area contributed by atoms with Gasteiger partial charge in [0, 0.05) is 31.1 Å². The number of nitrogens with one attached hydrogen (secondary N) is 1. The van der Waals surface area contributed by atoms with E-state index < -0.39 is 5.82 Å². The Morgan fingerprint density at radius 3 is 2.70 bits per heavy atom. The lowest BCUT2D eigenvalue weighted by Gasteiger charge is -2.34. The summed E-state index contributed by atoms with van der Waals surface area (Å²) < 4.78 is 14.9. The lowest BCUT2D eigenvalue weighted by Crippen LogP contribution is -2.50. The third kappa shape index (κ3) is 3.86. The molecule has 4 rings (SSSR count). The smallest absolute Gasteiger partial charge is 0.322 e. The van der Waals surface area contributed by atoms with Gasteiger partial charge in [-0.3, -0.25) is 0 Å². The number of urea groups is 1. The van der Waals surface area contributed by atoms with E-state index in [9.17, 15) is 9.18 Å². The number of thiazole rings is 1. The van der Waals surface area contributed by atoms with Gasteiger partial charge in [0.1, 0.15) is 5.82 Å². The Hall–Kier alpha value is -2.32. The summed E-state index contributed by atoms with van der Waals surface area (Å²) in [6, 6.07) is 12.2. The van der Waals surface area contributed by atoms with Crippen LogP contribution in [-0.4, -0.2) is 48.3 Å². The van der Waals surface area contributed by atoms with Crippen LogP contribution in [0, 0.1) is 5.82 Å². The molecule has 140 valence electrons. The Morgan fingerprint density at radius 2 is 1.96 bits per heavy atom. The number of amides is 2. The van der Waals surface area contributed by atoms with Crippen molar-refractivity contribution in [2.75, 3.05) is 42.7 Å². The molecule has 1 saturated heterocycles. The van der Waals surface area contributed by atoms with E-state index >= 15 is 0 Å². The zero-order chi connectivity index (χ0) is 18.8. The minimum atomic E-state index is -0.427. The number of aromatic nitrogens is 1. The van der Waals surface area contributed by atoms with Crippen molar-refractivity contribution in [3.63, 3.8) is 0 Å². The summed E-state index contributed by atoms with van der Waals surface area (Å²) in [6.07, 6.45) is 2.06. The van der Waals surface area contributed by atoms with E-state index in [0.29, 0.717) is 26.2 Å². The van der Waals surface area contributed by atoms with Crippen LogP contribution in [0.5, 0.6) is 0 Å². The van der Waals surface area contributed by atoms with Crippen molar-refractivity contribution in [3.8, 4) is 0 Å². The molecule has 1 aliphatic heterocycles. The average Bonchev–Trinajstić information content (AvgIpc) is 3.13. The molecule has 0 saturated carbocycles. The predicted molar refractivity (Wildman–Crippen MR) is 111 cm³/mol. The van der Waals surface area contributed by atoms with Crippen LogP contribution in [0.2, 0.25) is 0 Å². The van der Waals surface area contributed by atoms with Crippen molar-refractivity contribution in [1.82, 2.24) is 9.88 Å². The Labute approximate surface area is 165 Å². The zero-order valence-electron chi connectivity index (χ0n) is 14.8. The Morgan fingerprint density at radius 1 is 1.19 bits per heavy atom. The highest BCUT2D eigenvalue weighted by Gasteiger charge is 2.23. The van der Waals surface area contributed by atoms with E-state index in [-0.39, 0.29) is 11.7 Å². The SMILES string of the molecule is CSc1ccc2nc(N3CCN(C(=O)Nc4ccccc4F)CC3)sc2c1. The molecule has 0 aliphatic carbocycles. The molecule has 2 heterocycles. The van der Waals surface area contributed by atoms with Gasteiger partial charge in [-0.2, -0.15) is 0 Å². The van der Waals surface area contributed by atoms with Crippen molar-refractivity contribution in [1.29, 1.82) is 0 Å². The van der Waals surface area contributed by atoms with E-state index in [1.54, 1.807) is 46.2 Å². The Kier molecular flexibility index (Phi) is 5.18. The lowest BCUT2D eigenvalue weighted by molar-refractivity contribution is 0.208. The van der Waals surface area contributed by atoms with Crippen molar-refractivity contribution >= 4 is 50.2 Å². The monoisotopic (exact) mass is 402 g/mol. The fourth-order valence-corrected chi connectivity index (χ4v) is 4.58. The zero-order valence-corrected chi connectivity index (χ0v) is 16.4. The summed E-state index contributed by atoms with van der Waals surface area (Å²) in [7, 11) is 0. The lowest BCUT2D eigenvalue weighted by atomic mass is 10.3. The van der Waals surface area contributed by atoms with Gasteiger partial charge in [0.05, 0.1) is 15.9 Å². The number of benzene rings is 2. The molecule has 0 radical (unpaired) electrons. The van der Waals surface area contributed by atoms with Gasteiger partial charge in [0.2, 0.25) is 0 Å². The molecule has 1 fully saturated rings. The van der Waals surface area contributed by atoms with Crippen LogP contribution in [0.4, 0.5) is 20.0 Å². The number of carbonyl (C=O) groups is 1. The number of anilines is 2. The standard InChI is InChI=1S/C19H19FN4OS2/c1-26-13-6-7-16-17(12-13)27-19(22-16)24-10-8-23(9-11-24)18(25)21-15-5-3-2-4-14(15)20/h2-7,12H,8-11H2,1H3,(H,21,25). The van der Waals surface area contributed by atoms with Crippen LogP contribution in [0.15, 0.2) is 47.4 Å². The molecule has 2 amide bonds. The quantitative estimate of drug-likeness (QED) is 0.655. The molecule has 0 atom stereocenters. The van der Waals surface area contributed by atoms with Crippen LogP contribution in [0.3, 0.4) is 0 Å². The second-order valence-corrected chi connectivity index (χ2v) is 8.10. The van der Waals surface area contributed by atoms with Crippen molar-refractivity contribution < 1.29 is 9.18 Å². The molecule has 3 aromatic rings. The molecular weight excluding hydrogens is 383 g/mol. The number of hydrogen-bond donors (Lipinski definition) is 1. The topological polar surface area (TPSA) is 48.5 Å². The van der Waals surface area contributed by atoms with Gasteiger partial charge < -0.3 is 15.1 Å². The Bertz CT molecular complexity index is 969. The van der Waals surface area contributed by atoms with Crippen LogP contribution >= 0.6 is 23.1 Å². The van der Waals surface area contributed by atoms with Gasteiger partial charge in [-0.15, -0.1) is 11.8 Å². The highest BCUT2D eigenvalue weighted by Crippen LogP contribution is 2.32. The first kappa shape index (κ1) is 18.1. The van der Waals surface area contributed by atoms with Gasteiger partial charge in [-0.1, -0.05) is 23.5 Å². The fraction of sp³-hybridized carbons (Fsp3) is 0.263. The first-order valence-electron chi connectivity index (χ1n) is 8.64. The number of nitrogens with zero attached hydrogens (tertiary/aromatic N) is 3. The third-order valence-corrected chi connectivity index (χ3v) is 6.34. The van der Waals surface area contributed by atoms with E-state index in [1.165, 1.54) is 15.7 Å². The first-order chi connectivity index (χ1) is 13.1. The molecule has 27 heavy (non-hydrogen) atoms. The predicted octanol–water partition coefficient (Wildman–Crippen LogP) is 4.51. The first-order valence-corrected chi connectivity index (χ1v) is 10.7. The summed E-state index contributed by atoms with van der Waals surface area (Å²) in [5, 5.41) is 3.63. The normalized spacial score (nSPS) is 14.6. The number of thioether (sulfide) groups is 1. The van der Waals surface area contributed by atoms with Gasteiger partial charge in [-0.05, 0) is 36.6 Å². The molecule has 0 bridgehead atoms. The molecule has 8 heteroatoms. The maximum absolute atomic E-state index is 13.7. The molecule has 1 aliphatic rings. The molecule has 1 N–H and O–H groups in total. The summed E-state index contributed by atoms with van der Waals surface area (Å²) >= 11 is 3.40. The number of carbonyl (C=O) groups excluding carboxylic acids is 1. The van der Waals surface area contributed by atoms with Crippen molar-refractivity contribution in [2.45, 2.75) is 4.90 Å². The second kappa shape index (κ2) is 7.74. The van der Waals surface area contributed by atoms with E-state index in [2.05, 4.69) is 34.7 Å². The van der Waals surface area contributed by atoms with Crippen molar-refractivity contribution in [2.24, 2.45) is 0 Å². The summed E-state index contributed by atoms with van der Waals surface area (Å²) in [6.45, 7) is 2.57. The highest BCUT2D eigenvalue weighted by molar-refractivity contribution is 7.98. The number of para-hydroxylation sites is 1. The van der Waals surface area contributed by atoms with E-state index in [0.717, 1.165) is 10.6 Å². The largest absolute Gasteiger partial charge is 0.345 e. The maximum Gasteiger partial charge on any atom is 0.322 e. The Balaban J connectivity index is 1.40. The van der Waals surface area contributed by atoms with Crippen LogP contribution in [0.1, 0.15) is 0 Å².